The monoisotopic (exact) mass is 192 g/mol. The first-order chi connectivity index (χ1) is 5.18. The lowest BCUT2D eigenvalue weighted by Crippen LogP contribution is -1.77. The molecule has 0 unspecified atom stereocenters. The molecule has 0 saturated carbocycles. The number of benzene rings is 1. The fraction of sp³-hybridized carbons (Fsp3) is 0. The Balaban J connectivity index is 2.91. The van der Waals surface area contributed by atoms with E-state index in [0.717, 1.165) is 4.90 Å². The van der Waals surface area contributed by atoms with Crippen molar-refractivity contribution in [3.63, 3.8) is 0 Å². The van der Waals surface area contributed by atoms with Crippen molar-refractivity contribution in [2.75, 3.05) is 0 Å². The maximum Gasteiger partial charge on any atom is 0.166 e. The molecule has 0 aliphatic carbocycles. The molecule has 1 rings (SSSR count). The van der Waals surface area contributed by atoms with Gasteiger partial charge in [-0.15, -0.1) is 11.4 Å². The molecular weight excluding hydrogens is 187 g/mol. The molecule has 0 aliphatic rings. The lowest BCUT2D eigenvalue weighted by Gasteiger charge is -1.92. The van der Waals surface area contributed by atoms with Crippen LogP contribution in [0.5, 0.6) is 0 Å². The Bertz CT molecular complexity index is 266. The predicted octanol–water partition coefficient (Wildman–Crippen LogP) is 2.53. The summed E-state index contributed by atoms with van der Waals surface area (Å²) in [4.78, 5) is 0.763. The van der Waals surface area contributed by atoms with Gasteiger partial charge < -0.3 is 5.11 Å². The van der Waals surface area contributed by atoms with Gasteiger partial charge in [0.05, 0.1) is 0 Å². The van der Waals surface area contributed by atoms with Gasteiger partial charge in [0.15, 0.2) is 4.51 Å². The molecule has 0 atom stereocenters. The SMILES string of the molecule is OC(Cl)=[SH]c1ccc(F)cc1. The Kier molecular flexibility index (Phi) is 3.05. The van der Waals surface area contributed by atoms with Crippen molar-refractivity contribution < 1.29 is 9.50 Å². The van der Waals surface area contributed by atoms with Gasteiger partial charge in [-0.2, -0.15) is 0 Å². The van der Waals surface area contributed by atoms with Gasteiger partial charge in [-0.3, -0.25) is 0 Å². The highest BCUT2D eigenvalue weighted by atomic mass is 35.5. The average Bonchev–Trinajstić information content (AvgIpc) is 1.93. The zero-order valence-corrected chi connectivity index (χ0v) is 7.11. The van der Waals surface area contributed by atoms with Gasteiger partial charge in [0, 0.05) is 4.90 Å². The molecule has 0 aromatic heterocycles. The molecule has 0 radical (unpaired) electrons. The maximum absolute atomic E-state index is 12.3. The quantitative estimate of drug-likeness (QED) is 0.398. The number of thiol groups is 1. The standard InChI is InChI=1S/C7H6ClFOS/c8-7(10)11-6-3-1-5(9)2-4-6/h1-4,10-11H. The molecule has 1 aromatic carbocycles. The van der Waals surface area contributed by atoms with Crippen LogP contribution in [0.15, 0.2) is 29.2 Å². The third-order valence-electron chi connectivity index (χ3n) is 1.05. The molecule has 0 amide bonds. The van der Waals surface area contributed by atoms with Gasteiger partial charge in [-0.05, 0) is 24.3 Å². The molecular formula is C7H6ClFOS. The van der Waals surface area contributed by atoms with E-state index < -0.39 is 0 Å². The third-order valence-corrected chi connectivity index (χ3v) is 2.04. The minimum Gasteiger partial charge on any atom is -0.346 e. The minimum atomic E-state index is -0.294. The lowest BCUT2D eigenvalue weighted by atomic mass is 10.4. The Labute approximate surface area is 72.4 Å². The number of rotatable bonds is 1. The smallest absolute Gasteiger partial charge is 0.166 e. The van der Waals surface area contributed by atoms with E-state index in [4.69, 9.17) is 16.7 Å². The molecule has 0 spiro atoms. The molecule has 0 aliphatic heterocycles. The van der Waals surface area contributed by atoms with E-state index in [9.17, 15) is 4.39 Å². The molecule has 60 valence electrons. The molecule has 1 N–H and O–H groups in total. The van der Waals surface area contributed by atoms with Crippen LogP contribution >= 0.6 is 23.0 Å². The van der Waals surface area contributed by atoms with Crippen LogP contribution in [-0.2, 0) is 0 Å². The van der Waals surface area contributed by atoms with Crippen LogP contribution < -0.4 is 0 Å². The zero-order valence-electron chi connectivity index (χ0n) is 5.46. The second-order valence-electron chi connectivity index (χ2n) is 1.86. The van der Waals surface area contributed by atoms with Crippen LogP contribution in [0.4, 0.5) is 4.39 Å². The Morgan fingerprint density at radius 2 is 1.91 bits per heavy atom. The summed E-state index contributed by atoms with van der Waals surface area (Å²) < 4.78 is 12.1. The molecule has 11 heavy (non-hydrogen) atoms. The highest BCUT2D eigenvalue weighted by molar-refractivity contribution is 8.00. The number of hydrogen-bond donors (Lipinski definition) is 2. The first-order valence-corrected chi connectivity index (χ1v) is 4.14. The van der Waals surface area contributed by atoms with Crippen LogP contribution in [0.3, 0.4) is 0 Å². The van der Waals surface area contributed by atoms with E-state index in [2.05, 4.69) is 0 Å². The first-order valence-electron chi connectivity index (χ1n) is 2.87. The third kappa shape index (κ3) is 3.01. The van der Waals surface area contributed by atoms with E-state index in [1.807, 2.05) is 0 Å². The summed E-state index contributed by atoms with van der Waals surface area (Å²) in [5.74, 6) is -0.294. The largest absolute Gasteiger partial charge is 0.346 e. The minimum absolute atomic E-state index is 0.211. The highest BCUT2D eigenvalue weighted by Crippen LogP contribution is 2.12. The predicted molar refractivity (Wildman–Crippen MR) is 47.1 cm³/mol. The second kappa shape index (κ2) is 3.85. The summed E-state index contributed by atoms with van der Waals surface area (Å²) in [6, 6.07) is 5.77. The summed E-state index contributed by atoms with van der Waals surface area (Å²) in [7, 11) is 0. The fourth-order valence-electron chi connectivity index (χ4n) is 0.622. The van der Waals surface area contributed by atoms with Crippen molar-refractivity contribution in [1.29, 1.82) is 0 Å². The van der Waals surface area contributed by atoms with Crippen molar-refractivity contribution in [2.24, 2.45) is 0 Å². The van der Waals surface area contributed by atoms with Gasteiger partial charge in [0.1, 0.15) is 5.82 Å². The van der Waals surface area contributed by atoms with Crippen LogP contribution in [0, 0.1) is 5.82 Å². The van der Waals surface area contributed by atoms with Crippen LogP contribution in [0.1, 0.15) is 0 Å². The molecule has 1 aromatic rings. The summed E-state index contributed by atoms with van der Waals surface area (Å²) in [6.07, 6.45) is 0. The van der Waals surface area contributed by atoms with E-state index in [0.29, 0.717) is 11.4 Å². The second-order valence-corrected chi connectivity index (χ2v) is 3.64. The van der Waals surface area contributed by atoms with Gasteiger partial charge in [0.2, 0.25) is 0 Å². The van der Waals surface area contributed by atoms with E-state index in [1.54, 1.807) is 12.1 Å². The van der Waals surface area contributed by atoms with Crippen molar-refractivity contribution in [2.45, 2.75) is 4.90 Å². The lowest BCUT2D eigenvalue weighted by molar-refractivity contribution is 0.583. The van der Waals surface area contributed by atoms with E-state index in [1.165, 1.54) is 12.1 Å². The number of hydrogen-bond acceptors (Lipinski definition) is 0. The van der Waals surface area contributed by atoms with Crippen molar-refractivity contribution >= 4 is 27.5 Å². The van der Waals surface area contributed by atoms with Gasteiger partial charge in [-0.25, -0.2) is 4.39 Å². The Hall–Kier alpha value is -0.380. The summed E-state index contributed by atoms with van der Waals surface area (Å²) in [5, 5.41) is 8.65. The van der Waals surface area contributed by atoms with Crippen LogP contribution in [-0.4, -0.2) is 9.62 Å². The van der Waals surface area contributed by atoms with Crippen molar-refractivity contribution in [3.05, 3.63) is 30.1 Å². The normalized spacial score (nSPS) is 12.5. The first kappa shape index (κ1) is 8.71. The topological polar surface area (TPSA) is 20.2 Å². The highest BCUT2D eigenvalue weighted by Gasteiger charge is 1.89. The van der Waals surface area contributed by atoms with Gasteiger partial charge in [0.25, 0.3) is 0 Å². The zero-order chi connectivity index (χ0) is 8.27. The summed E-state index contributed by atoms with van der Waals surface area (Å²) in [6.45, 7) is 0. The van der Waals surface area contributed by atoms with E-state index >= 15 is 0 Å². The molecule has 0 bridgehead atoms. The summed E-state index contributed by atoms with van der Waals surface area (Å²) in [5.41, 5.74) is 0. The van der Waals surface area contributed by atoms with E-state index in [-0.39, 0.29) is 10.3 Å². The Morgan fingerprint density at radius 1 is 1.36 bits per heavy atom. The molecule has 0 fully saturated rings. The Morgan fingerprint density at radius 3 is 2.36 bits per heavy atom. The number of halogens is 2. The van der Waals surface area contributed by atoms with Crippen molar-refractivity contribution in [1.82, 2.24) is 0 Å². The molecule has 1 nitrogen and oxygen atoms in total. The average molecular weight is 193 g/mol. The number of aliphatic hydroxyl groups is 1. The molecule has 0 heterocycles. The van der Waals surface area contributed by atoms with Gasteiger partial charge in [-0.1, -0.05) is 11.6 Å². The number of aliphatic hydroxyl groups excluding tert-OH is 1. The fourth-order valence-corrected chi connectivity index (χ4v) is 1.43. The summed E-state index contributed by atoms with van der Waals surface area (Å²) >= 11 is 5.72. The molecule has 0 saturated heterocycles. The van der Waals surface area contributed by atoms with Crippen LogP contribution in [0.25, 0.3) is 0 Å². The van der Waals surface area contributed by atoms with Gasteiger partial charge >= 0.3 is 0 Å². The molecule has 4 heteroatoms. The maximum atomic E-state index is 12.3. The van der Waals surface area contributed by atoms with Crippen molar-refractivity contribution in [3.8, 4) is 0 Å². The van der Waals surface area contributed by atoms with Crippen LogP contribution in [0.2, 0.25) is 0 Å².